The molecule has 0 saturated heterocycles. The van der Waals surface area contributed by atoms with E-state index in [1.54, 1.807) is 10.7 Å². The number of hydrogen-bond donors (Lipinski definition) is 1. The van der Waals surface area contributed by atoms with E-state index in [4.69, 9.17) is 0 Å². The van der Waals surface area contributed by atoms with Gasteiger partial charge in [0.2, 0.25) is 0 Å². The van der Waals surface area contributed by atoms with E-state index in [2.05, 4.69) is 22.0 Å². The van der Waals surface area contributed by atoms with Crippen LogP contribution in [0.3, 0.4) is 0 Å². The van der Waals surface area contributed by atoms with Crippen LogP contribution in [-0.2, 0) is 0 Å². The zero-order valence-corrected chi connectivity index (χ0v) is 16.2. The molecule has 0 bridgehead atoms. The molecule has 8 heteroatoms. The number of thiazole rings is 1. The average molecular weight is 402 g/mol. The van der Waals surface area contributed by atoms with Gasteiger partial charge in [-0.2, -0.15) is 5.10 Å². The van der Waals surface area contributed by atoms with E-state index in [0.717, 1.165) is 21.5 Å². The molecule has 1 saturated carbocycles. The summed E-state index contributed by atoms with van der Waals surface area (Å²) in [4.78, 5) is 17.9. The monoisotopic (exact) mass is 402 g/mol. The molecule has 1 aliphatic rings. The van der Waals surface area contributed by atoms with Gasteiger partial charge in [0.1, 0.15) is 0 Å². The second kappa shape index (κ2) is 7.09. The van der Waals surface area contributed by atoms with Crippen LogP contribution in [0.5, 0.6) is 0 Å². The predicted octanol–water partition coefficient (Wildman–Crippen LogP) is 4.80. The third-order valence-corrected chi connectivity index (χ3v) is 6.17. The van der Waals surface area contributed by atoms with Gasteiger partial charge in [0, 0.05) is 18.2 Å². The van der Waals surface area contributed by atoms with Crippen LogP contribution in [0.4, 0.5) is 8.78 Å². The fraction of sp³-hybridized carbons (Fsp3) is 0.350. The van der Waals surface area contributed by atoms with Crippen molar-refractivity contribution in [1.82, 2.24) is 19.9 Å². The summed E-state index contributed by atoms with van der Waals surface area (Å²) >= 11 is 1.17. The van der Waals surface area contributed by atoms with Crippen molar-refractivity contribution in [3.63, 3.8) is 0 Å². The first-order chi connectivity index (χ1) is 13.4. The lowest BCUT2D eigenvalue weighted by atomic mass is 9.91. The molecule has 0 spiro atoms. The van der Waals surface area contributed by atoms with E-state index < -0.39 is 17.9 Å². The summed E-state index contributed by atoms with van der Waals surface area (Å²) in [7, 11) is 0. The van der Waals surface area contributed by atoms with Crippen molar-refractivity contribution in [2.45, 2.75) is 44.6 Å². The molecular formula is C20H20F2N4OS. The molecule has 1 fully saturated rings. The highest BCUT2D eigenvalue weighted by Gasteiger charge is 2.42. The Morgan fingerprint density at radius 2 is 2.21 bits per heavy atom. The van der Waals surface area contributed by atoms with Gasteiger partial charge < -0.3 is 5.32 Å². The number of nitrogens with one attached hydrogen (secondary N) is 1. The lowest BCUT2D eigenvalue weighted by Gasteiger charge is -2.31. The molecule has 3 aromatic heterocycles. The van der Waals surface area contributed by atoms with Crippen molar-refractivity contribution in [1.29, 1.82) is 0 Å². The molecule has 3 aromatic rings. The normalized spacial score (nSPS) is 18.9. The lowest BCUT2D eigenvalue weighted by molar-refractivity contribution is -0.0609. The fourth-order valence-electron chi connectivity index (χ4n) is 3.50. The van der Waals surface area contributed by atoms with Gasteiger partial charge in [-0.3, -0.25) is 4.79 Å². The number of hydrogen-bond acceptors (Lipinski definition) is 4. The van der Waals surface area contributed by atoms with Crippen LogP contribution in [0.15, 0.2) is 37.2 Å². The molecule has 4 rings (SSSR count). The molecule has 146 valence electrons. The van der Waals surface area contributed by atoms with Crippen LogP contribution in [0.2, 0.25) is 0 Å². The maximum Gasteiger partial charge on any atom is 0.280 e. The van der Waals surface area contributed by atoms with E-state index >= 15 is 0 Å². The summed E-state index contributed by atoms with van der Waals surface area (Å²) in [5, 5.41) is 6.97. The highest BCUT2D eigenvalue weighted by molar-refractivity contribution is 7.15. The van der Waals surface area contributed by atoms with Gasteiger partial charge in [0.25, 0.3) is 11.8 Å². The van der Waals surface area contributed by atoms with E-state index in [0.29, 0.717) is 18.5 Å². The number of carbonyl (C=O) groups excluding carboxylic acids is 1. The van der Waals surface area contributed by atoms with Crippen molar-refractivity contribution < 1.29 is 13.6 Å². The van der Waals surface area contributed by atoms with Crippen molar-refractivity contribution in [2.24, 2.45) is 0 Å². The highest BCUT2D eigenvalue weighted by atomic mass is 32.1. The van der Waals surface area contributed by atoms with Crippen LogP contribution >= 0.6 is 11.3 Å². The molecule has 0 radical (unpaired) electrons. The largest absolute Gasteiger partial charge is 0.341 e. The summed E-state index contributed by atoms with van der Waals surface area (Å²) in [6.07, 6.45) is 4.76. The Bertz CT molecular complexity index is 1060. The second-order valence-electron chi connectivity index (χ2n) is 7.10. The third-order valence-electron chi connectivity index (χ3n) is 4.96. The van der Waals surface area contributed by atoms with E-state index in [1.807, 2.05) is 31.3 Å². The predicted molar refractivity (Wildman–Crippen MR) is 106 cm³/mol. The highest BCUT2D eigenvalue weighted by Crippen LogP contribution is 2.36. The number of amides is 1. The number of halogens is 2. The van der Waals surface area contributed by atoms with Crippen molar-refractivity contribution >= 4 is 28.3 Å². The number of aromatic nitrogens is 3. The number of alkyl halides is 2. The van der Waals surface area contributed by atoms with E-state index in [1.165, 1.54) is 11.3 Å². The maximum absolute atomic E-state index is 14.1. The standard InChI is InChI=1S/C20H20F2N4OS/c1-12(2)17-16(13-11-23-26-10-6-4-7-14(13)26)25-19(28-17)18(27)24-15-8-3-5-9-20(15,21)22/h4,6-7,10-11,15H,1,3,5,8-9H2,2H3,(H,24,27)/t15-/m1/s1. The Balaban J connectivity index is 1.69. The van der Waals surface area contributed by atoms with E-state index in [9.17, 15) is 13.6 Å². The summed E-state index contributed by atoms with van der Waals surface area (Å²) in [6, 6.07) is 4.53. The quantitative estimate of drug-likeness (QED) is 0.682. The summed E-state index contributed by atoms with van der Waals surface area (Å²) in [6.45, 7) is 5.81. The van der Waals surface area contributed by atoms with E-state index in [-0.39, 0.29) is 17.8 Å². The van der Waals surface area contributed by atoms with Crippen LogP contribution in [-0.4, -0.2) is 32.5 Å². The van der Waals surface area contributed by atoms with Crippen molar-refractivity contribution in [2.75, 3.05) is 0 Å². The van der Waals surface area contributed by atoms with Crippen LogP contribution in [0.25, 0.3) is 22.3 Å². The lowest BCUT2D eigenvalue weighted by Crippen LogP contribution is -2.49. The van der Waals surface area contributed by atoms with Gasteiger partial charge in [-0.15, -0.1) is 11.3 Å². The Morgan fingerprint density at radius 1 is 1.39 bits per heavy atom. The van der Waals surface area contributed by atoms with Crippen LogP contribution in [0.1, 0.15) is 47.3 Å². The number of carbonyl (C=O) groups is 1. The zero-order chi connectivity index (χ0) is 19.9. The third kappa shape index (κ3) is 3.32. The van der Waals surface area contributed by atoms with Crippen molar-refractivity contribution in [3.8, 4) is 11.3 Å². The minimum Gasteiger partial charge on any atom is -0.341 e. The first-order valence-corrected chi connectivity index (χ1v) is 9.96. The summed E-state index contributed by atoms with van der Waals surface area (Å²) < 4.78 is 29.9. The number of fused-ring (bicyclic) bond motifs is 1. The molecular weight excluding hydrogens is 382 g/mol. The number of nitrogens with zero attached hydrogens (tertiary/aromatic N) is 3. The Kier molecular flexibility index (Phi) is 4.74. The molecule has 1 aliphatic carbocycles. The Hall–Kier alpha value is -2.61. The molecule has 28 heavy (non-hydrogen) atoms. The average Bonchev–Trinajstić information content (AvgIpc) is 3.27. The molecule has 1 N–H and O–H groups in total. The molecule has 3 heterocycles. The molecule has 0 aliphatic heterocycles. The smallest absolute Gasteiger partial charge is 0.280 e. The molecule has 0 unspecified atom stereocenters. The fourth-order valence-corrected chi connectivity index (χ4v) is 4.41. The first-order valence-electron chi connectivity index (χ1n) is 9.15. The SMILES string of the molecule is C=C(C)c1sc(C(=O)N[C@@H]2CCCCC2(F)F)nc1-c1cnn2ccccc12. The van der Waals surface area contributed by atoms with Gasteiger partial charge in [0.05, 0.1) is 28.3 Å². The Morgan fingerprint density at radius 3 is 2.96 bits per heavy atom. The topological polar surface area (TPSA) is 59.3 Å². The number of allylic oxidation sites excluding steroid dienone is 1. The van der Waals surface area contributed by atoms with Gasteiger partial charge in [-0.1, -0.05) is 19.1 Å². The molecule has 1 atom stereocenters. The maximum atomic E-state index is 14.1. The van der Waals surface area contributed by atoms with Gasteiger partial charge in [-0.05, 0) is 37.5 Å². The van der Waals surface area contributed by atoms with Crippen LogP contribution < -0.4 is 5.32 Å². The van der Waals surface area contributed by atoms with Crippen LogP contribution in [0, 0.1) is 0 Å². The second-order valence-corrected chi connectivity index (χ2v) is 8.10. The minimum atomic E-state index is -2.88. The molecule has 1 amide bonds. The number of pyridine rings is 1. The van der Waals surface area contributed by atoms with Gasteiger partial charge in [-0.25, -0.2) is 18.3 Å². The Labute approximate surface area is 165 Å². The first kappa shape index (κ1) is 18.7. The van der Waals surface area contributed by atoms with Crippen molar-refractivity contribution in [3.05, 3.63) is 47.1 Å². The zero-order valence-electron chi connectivity index (χ0n) is 15.4. The molecule has 0 aromatic carbocycles. The van der Waals surface area contributed by atoms with Gasteiger partial charge >= 0.3 is 0 Å². The number of rotatable bonds is 4. The van der Waals surface area contributed by atoms with Gasteiger partial charge in [0.15, 0.2) is 5.01 Å². The molecule has 5 nitrogen and oxygen atoms in total. The minimum absolute atomic E-state index is 0.157. The summed E-state index contributed by atoms with van der Waals surface area (Å²) in [5.74, 6) is -3.45. The summed E-state index contributed by atoms with van der Waals surface area (Å²) in [5.41, 5.74) is 2.97.